The van der Waals surface area contributed by atoms with Crippen molar-refractivity contribution in [1.29, 1.82) is 0 Å². The van der Waals surface area contributed by atoms with Crippen molar-refractivity contribution in [3.8, 4) is 0 Å². The molecule has 3 N–H and O–H groups in total. The molecule has 176 valence electrons. The van der Waals surface area contributed by atoms with Crippen LogP contribution in [0.1, 0.15) is 41.1 Å². The van der Waals surface area contributed by atoms with Crippen molar-refractivity contribution in [1.82, 2.24) is 10.6 Å². The highest BCUT2D eigenvalue weighted by Gasteiger charge is 2.09. The summed E-state index contributed by atoms with van der Waals surface area (Å²) in [5.74, 6) is 0.716. The number of carbonyl (C=O) groups is 1. The van der Waals surface area contributed by atoms with E-state index < -0.39 is 0 Å². The second-order valence-electron chi connectivity index (χ2n) is 7.26. The maximum absolute atomic E-state index is 12.1. The van der Waals surface area contributed by atoms with Crippen molar-refractivity contribution in [3.63, 3.8) is 0 Å². The van der Waals surface area contributed by atoms with Crippen molar-refractivity contribution >= 4 is 41.5 Å². The van der Waals surface area contributed by atoms with Gasteiger partial charge in [-0.1, -0.05) is 42.5 Å². The first kappa shape index (κ1) is 26.4. The van der Waals surface area contributed by atoms with Gasteiger partial charge in [0, 0.05) is 32.4 Å². The van der Waals surface area contributed by atoms with Crippen molar-refractivity contribution in [2.75, 3.05) is 25.5 Å². The summed E-state index contributed by atoms with van der Waals surface area (Å²) in [6.07, 6.45) is 2.42. The molecule has 0 radical (unpaired) electrons. The van der Waals surface area contributed by atoms with Crippen LogP contribution in [0.5, 0.6) is 0 Å². The number of nitrogens with one attached hydrogen (secondary N) is 3. The highest BCUT2D eigenvalue weighted by molar-refractivity contribution is 14.0. The van der Waals surface area contributed by atoms with Crippen LogP contribution in [0.15, 0.2) is 82.4 Å². The number of furan rings is 1. The fourth-order valence-corrected chi connectivity index (χ4v) is 3.13. The van der Waals surface area contributed by atoms with Gasteiger partial charge in [0.15, 0.2) is 11.7 Å². The lowest BCUT2D eigenvalue weighted by Crippen LogP contribution is -2.37. The Bertz CT molecular complexity index is 994. The minimum Gasteiger partial charge on any atom is -0.459 e. The Kier molecular flexibility index (Phi) is 11.5. The van der Waals surface area contributed by atoms with E-state index in [1.54, 1.807) is 19.2 Å². The molecule has 2 aromatic carbocycles. The molecular weight excluding hydrogens is 531 g/mol. The van der Waals surface area contributed by atoms with E-state index in [0.29, 0.717) is 24.8 Å². The number of amides is 1. The number of rotatable bonds is 10. The SMILES string of the molecule is CN=C(NCCCOC(C)c1ccccc1)NCc1cccc(NC(=O)c2ccco2)c1.I. The summed E-state index contributed by atoms with van der Waals surface area (Å²) in [5.41, 5.74) is 2.91. The number of guanidine groups is 1. The molecule has 0 aliphatic rings. The van der Waals surface area contributed by atoms with Gasteiger partial charge in [-0.3, -0.25) is 9.79 Å². The number of benzene rings is 2. The molecule has 33 heavy (non-hydrogen) atoms. The molecule has 0 bridgehead atoms. The first-order valence-electron chi connectivity index (χ1n) is 10.7. The molecule has 0 aliphatic carbocycles. The number of hydrogen-bond donors (Lipinski definition) is 3. The molecule has 1 heterocycles. The Morgan fingerprint density at radius 2 is 1.88 bits per heavy atom. The Labute approximate surface area is 212 Å². The van der Waals surface area contributed by atoms with E-state index in [1.807, 2.05) is 42.5 Å². The molecular formula is C25H31IN4O3. The second-order valence-corrected chi connectivity index (χ2v) is 7.26. The molecule has 7 nitrogen and oxygen atoms in total. The van der Waals surface area contributed by atoms with Crippen LogP contribution in [-0.4, -0.2) is 32.1 Å². The summed E-state index contributed by atoms with van der Waals surface area (Å²) < 4.78 is 11.0. The van der Waals surface area contributed by atoms with E-state index >= 15 is 0 Å². The van der Waals surface area contributed by atoms with Gasteiger partial charge in [0.25, 0.3) is 5.91 Å². The second kappa shape index (κ2) is 14.3. The maximum atomic E-state index is 12.1. The first-order chi connectivity index (χ1) is 15.7. The lowest BCUT2D eigenvalue weighted by Gasteiger charge is -2.15. The van der Waals surface area contributed by atoms with Crippen molar-refractivity contribution in [3.05, 3.63) is 89.9 Å². The molecule has 0 saturated heterocycles. The monoisotopic (exact) mass is 562 g/mol. The third kappa shape index (κ3) is 8.89. The molecule has 8 heteroatoms. The first-order valence-corrected chi connectivity index (χ1v) is 10.7. The molecule has 1 aromatic heterocycles. The summed E-state index contributed by atoms with van der Waals surface area (Å²) in [7, 11) is 1.74. The molecule has 0 aliphatic heterocycles. The van der Waals surface area contributed by atoms with Gasteiger partial charge in [-0.25, -0.2) is 0 Å². The van der Waals surface area contributed by atoms with Gasteiger partial charge in [0.05, 0.1) is 12.4 Å². The standard InChI is InChI=1S/C25H30N4O3.HI/c1-19(21-10-4-3-5-11-21)31-16-8-14-27-25(26-2)28-18-20-9-6-12-22(17-20)29-24(30)23-13-7-15-32-23;/h3-7,9-13,15,17,19H,8,14,16,18H2,1-2H3,(H,29,30)(H2,26,27,28);1H. The molecule has 1 amide bonds. The van der Waals surface area contributed by atoms with E-state index in [-0.39, 0.29) is 41.7 Å². The van der Waals surface area contributed by atoms with Crippen molar-refractivity contribution in [2.24, 2.45) is 4.99 Å². The number of aliphatic imine (C=N–C) groups is 1. The van der Waals surface area contributed by atoms with Gasteiger partial charge >= 0.3 is 0 Å². The summed E-state index contributed by atoms with van der Waals surface area (Å²) in [5, 5.41) is 9.42. The van der Waals surface area contributed by atoms with Crippen LogP contribution in [0.3, 0.4) is 0 Å². The minimum atomic E-state index is -0.276. The number of anilines is 1. The number of nitrogens with zero attached hydrogens (tertiary/aromatic N) is 1. The fraction of sp³-hybridized carbons (Fsp3) is 0.280. The summed E-state index contributed by atoms with van der Waals surface area (Å²) in [4.78, 5) is 16.4. The zero-order valence-corrected chi connectivity index (χ0v) is 21.2. The third-order valence-corrected chi connectivity index (χ3v) is 4.86. The molecule has 0 spiro atoms. The summed E-state index contributed by atoms with van der Waals surface area (Å²) in [6.45, 7) is 4.05. The van der Waals surface area contributed by atoms with Crippen molar-refractivity contribution < 1.29 is 13.9 Å². The minimum absolute atomic E-state index is 0. The average Bonchev–Trinajstić information content (AvgIpc) is 3.37. The van der Waals surface area contributed by atoms with Gasteiger partial charge < -0.3 is 25.1 Å². The fourth-order valence-electron chi connectivity index (χ4n) is 3.13. The Balaban J connectivity index is 0.00000385. The molecule has 3 rings (SSSR count). The van der Waals surface area contributed by atoms with Crippen LogP contribution in [0.25, 0.3) is 0 Å². The Morgan fingerprint density at radius 3 is 2.61 bits per heavy atom. The van der Waals surface area contributed by atoms with Gasteiger partial charge in [-0.05, 0) is 48.7 Å². The number of hydrogen-bond acceptors (Lipinski definition) is 4. The topological polar surface area (TPSA) is 87.9 Å². The number of ether oxygens (including phenoxy) is 1. The van der Waals surface area contributed by atoms with Gasteiger partial charge in [0.1, 0.15) is 0 Å². The van der Waals surface area contributed by atoms with Crippen LogP contribution in [0.4, 0.5) is 5.69 Å². The zero-order chi connectivity index (χ0) is 22.6. The third-order valence-electron chi connectivity index (χ3n) is 4.86. The smallest absolute Gasteiger partial charge is 0.291 e. The molecule has 0 saturated carbocycles. The Hall–Kier alpha value is -2.85. The maximum Gasteiger partial charge on any atom is 0.291 e. The summed E-state index contributed by atoms with van der Waals surface area (Å²) >= 11 is 0. The van der Waals surface area contributed by atoms with Crippen LogP contribution in [-0.2, 0) is 11.3 Å². The number of carbonyl (C=O) groups excluding carboxylic acids is 1. The normalized spacial score (nSPS) is 11.9. The highest BCUT2D eigenvalue weighted by atomic mass is 127. The lowest BCUT2D eigenvalue weighted by atomic mass is 10.1. The van der Waals surface area contributed by atoms with E-state index in [2.05, 4.69) is 40.0 Å². The average molecular weight is 562 g/mol. The largest absolute Gasteiger partial charge is 0.459 e. The molecule has 0 fully saturated rings. The van der Waals surface area contributed by atoms with Gasteiger partial charge in [0.2, 0.25) is 0 Å². The molecule has 3 aromatic rings. The predicted octanol–water partition coefficient (Wildman–Crippen LogP) is 4.98. The predicted molar refractivity (Wildman–Crippen MR) is 142 cm³/mol. The Morgan fingerprint density at radius 1 is 1.06 bits per heavy atom. The van der Waals surface area contributed by atoms with E-state index in [1.165, 1.54) is 11.8 Å². The van der Waals surface area contributed by atoms with Crippen LogP contribution in [0, 0.1) is 0 Å². The summed E-state index contributed by atoms with van der Waals surface area (Å²) in [6, 6.07) is 21.2. The number of halogens is 1. The molecule has 1 atom stereocenters. The van der Waals surface area contributed by atoms with E-state index in [9.17, 15) is 4.79 Å². The van der Waals surface area contributed by atoms with Crippen LogP contribution < -0.4 is 16.0 Å². The quantitative estimate of drug-likeness (QED) is 0.140. The zero-order valence-electron chi connectivity index (χ0n) is 18.9. The van der Waals surface area contributed by atoms with Gasteiger partial charge in [-0.2, -0.15) is 0 Å². The lowest BCUT2D eigenvalue weighted by molar-refractivity contribution is 0.0646. The van der Waals surface area contributed by atoms with Gasteiger partial charge in [-0.15, -0.1) is 24.0 Å². The van der Waals surface area contributed by atoms with E-state index in [0.717, 1.165) is 18.5 Å². The van der Waals surface area contributed by atoms with E-state index in [4.69, 9.17) is 9.15 Å². The van der Waals surface area contributed by atoms with Crippen molar-refractivity contribution in [2.45, 2.75) is 26.0 Å². The van der Waals surface area contributed by atoms with Crippen LogP contribution >= 0.6 is 24.0 Å². The molecule has 1 unspecified atom stereocenters. The van der Waals surface area contributed by atoms with Crippen LogP contribution in [0.2, 0.25) is 0 Å². The highest BCUT2D eigenvalue weighted by Crippen LogP contribution is 2.16.